The molecule has 0 radical (unpaired) electrons. The Kier molecular flexibility index (Phi) is 4.61. The molecule has 1 saturated heterocycles. The summed E-state index contributed by atoms with van der Waals surface area (Å²) in [5.41, 5.74) is 0. The van der Waals surface area contributed by atoms with Crippen LogP contribution in [0.5, 0.6) is 0 Å². The molecule has 2 aliphatic rings. The van der Waals surface area contributed by atoms with Gasteiger partial charge in [0.1, 0.15) is 6.29 Å². The molecule has 2 heteroatoms. The minimum atomic E-state index is 0.275. The summed E-state index contributed by atoms with van der Waals surface area (Å²) >= 11 is 0. The van der Waals surface area contributed by atoms with Crippen LogP contribution >= 0.6 is 0 Å². The van der Waals surface area contributed by atoms with Crippen molar-refractivity contribution >= 4 is 6.29 Å². The molecule has 1 aliphatic carbocycles. The number of hydrogen-bond donors (Lipinski definition) is 1. The Labute approximate surface area is 106 Å². The maximum absolute atomic E-state index is 10.9. The molecule has 0 bridgehead atoms. The Morgan fingerprint density at radius 1 is 1.06 bits per heavy atom. The molecule has 98 valence electrons. The molecule has 0 aromatic carbocycles. The molecule has 1 saturated carbocycles. The van der Waals surface area contributed by atoms with E-state index in [9.17, 15) is 4.79 Å². The van der Waals surface area contributed by atoms with Gasteiger partial charge in [-0.25, -0.2) is 0 Å². The number of carbonyl (C=O) groups excluding carboxylic acids is 1. The van der Waals surface area contributed by atoms with Crippen LogP contribution in [-0.4, -0.2) is 19.4 Å². The Bertz CT molecular complexity index is 243. The lowest BCUT2D eigenvalue weighted by molar-refractivity contribution is -0.112. The molecule has 2 rings (SSSR count). The van der Waals surface area contributed by atoms with Gasteiger partial charge in [-0.15, -0.1) is 0 Å². The van der Waals surface area contributed by atoms with Gasteiger partial charge in [0.15, 0.2) is 0 Å². The maximum Gasteiger partial charge on any atom is 0.124 e. The molecule has 0 spiro atoms. The lowest BCUT2D eigenvalue weighted by atomic mass is 9.70. The summed E-state index contributed by atoms with van der Waals surface area (Å²) in [7, 11) is 0. The van der Waals surface area contributed by atoms with Crippen LogP contribution in [0, 0.1) is 29.6 Å². The van der Waals surface area contributed by atoms with Crippen molar-refractivity contribution < 1.29 is 4.79 Å². The predicted molar refractivity (Wildman–Crippen MR) is 70.8 cm³/mol. The lowest BCUT2D eigenvalue weighted by Crippen LogP contribution is -2.41. The molecule has 2 nitrogen and oxygen atoms in total. The molecule has 2 unspecified atom stereocenters. The Morgan fingerprint density at radius 3 is 2.35 bits per heavy atom. The fourth-order valence-electron chi connectivity index (χ4n) is 3.76. The number of rotatable bonds is 3. The number of hydrogen-bond acceptors (Lipinski definition) is 2. The molecule has 17 heavy (non-hydrogen) atoms. The summed E-state index contributed by atoms with van der Waals surface area (Å²) in [4.78, 5) is 10.9. The van der Waals surface area contributed by atoms with Crippen molar-refractivity contribution in [2.75, 3.05) is 13.1 Å². The first-order valence-corrected chi connectivity index (χ1v) is 7.36. The Balaban J connectivity index is 1.81. The van der Waals surface area contributed by atoms with Gasteiger partial charge >= 0.3 is 0 Å². The van der Waals surface area contributed by atoms with Crippen molar-refractivity contribution in [3.63, 3.8) is 0 Å². The zero-order chi connectivity index (χ0) is 12.3. The average Bonchev–Trinajstić information content (AvgIpc) is 2.39. The topological polar surface area (TPSA) is 29.1 Å². The van der Waals surface area contributed by atoms with Crippen LogP contribution in [0.3, 0.4) is 0 Å². The highest BCUT2D eigenvalue weighted by atomic mass is 16.1. The second-order valence-corrected chi connectivity index (χ2v) is 6.47. The second-order valence-electron chi connectivity index (χ2n) is 6.47. The number of carbonyl (C=O) groups is 1. The zero-order valence-corrected chi connectivity index (χ0v) is 11.3. The van der Waals surface area contributed by atoms with Gasteiger partial charge in [-0.2, -0.15) is 0 Å². The highest BCUT2D eigenvalue weighted by Gasteiger charge is 2.31. The van der Waals surface area contributed by atoms with Crippen molar-refractivity contribution in [2.24, 2.45) is 29.6 Å². The first-order chi connectivity index (χ1) is 8.20. The van der Waals surface area contributed by atoms with E-state index in [0.29, 0.717) is 0 Å². The number of piperidine rings is 1. The normalized spacial score (nSPS) is 39.2. The molecule has 0 amide bonds. The summed E-state index contributed by atoms with van der Waals surface area (Å²) in [5, 5.41) is 3.44. The van der Waals surface area contributed by atoms with E-state index in [2.05, 4.69) is 19.2 Å². The smallest absolute Gasteiger partial charge is 0.124 e. The van der Waals surface area contributed by atoms with E-state index in [1.807, 2.05) is 0 Å². The van der Waals surface area contributed by atoms with Gasteiger partial charge in [0, 0.05) is 12.5 Å². The van der Waals surface area contributed by atoms with E-state index in [4.69, 9.17) is 0 Å². The highest BCUT2D eigenvalue weighted by Crippen LogP contribution is 2.38. The van der Waals surface area contributed by atoms with E-state index in [-0.39, 0.29) is 5.92 Å². The van der Waals surface area contributed by atoms with E-state index in [1.165, 1.54) is 25.7 Å². The fraction of sp³-hybridized carbons (Fsp3) is 0.933. The minimum absolute atomic E-state index is 0.275. The van der Waals surface area contributed by atoms with Gasteiger partial charge in [-0.05, 0) is 62.3 Å². The van der Waals surface area contributed by atoms with Crippen LogP contribution in [-0.2, 0) is 4.79 Å². The van der Waals surface area contributed by atoms with Gasteiger partial charge in [0.25, 0.3) is 0 Å². The zero-order valence-electron chi connectivity index (χ0n) is 11.3. The van der Waals surface area contributed by atoms with Crippen molar-refractivity contribution in [1.82, 2.24) is 5.32 Å². The molecule has 0 aromatic heterocycles. The van der Waals surface area contributed by atoms with Gasteiger partial charge in [-0.1, -0.05) is 13.8 Å². The molecule has 0 aromatic rings. The van der Waals surface area contributed by atoms with Crippen molar-refractivity contribution in [3.05, 3.63) is 0 Å². The summed E-state index contributed by atoms with van der Waals surface area (Å²) in [6.07, 6.45) is 7.88. The molecular formula is C15H27NO. The van der Waals surface area contributed by atoms with Crippen LogP contribution in [0.15, 0.2) is 0 Å². The first kappa shape index (κ1) is 13.1. The molecule has 1 N–H and O–H groups in total. The summed E-state index contributed by atoms with van der Waals surface area (Å²) < 4.78 is 0. The summed E-state index contributed by atoms with van der Waals surface area (Å²) in [5.74, 6) is 3.71. The molecule has 1 aliphatic heterocycles. The third kappa shape index (κ3) is 3.31. The van der Waals surface area contributed by atoms with E-state index in [1.54, 1.807) is 0 Å². The van der Waals surface area contributed by atoms with Crippen LogP contribution < -0.4 is 5.32 Å². The monoisotopic (exact) mass is 237 g/mol. The number of aldehydes is 1. The van der Waals surface area contributed by atoms with E-state index >= 15 is 0 Å². The summed E-state index contributed by atoms with van der Waals surface area (Å²) in [6, 6.07) is 0. The molecule has 1 heterocycles. The summed E-state index contributed by atoms with van der Waals surface area (Å²) in [6.45, 7) is 6.76. The van der Waals surface area contributed by atoms with Crippen molar-refractivity contribution in [3.8, 4) is 0 Å². The SMILES string of the molecule is CC(C)C1CCC(C2CNCC(C=O)C2)CC1. The Hall–Kier alpha value is -0.370. The Morgan fingerprint density at radius 2 is 1.76 bits per heavy atom. The third-order valence-corrected chi connectivity index (χ3v) is 5.04. The van der Waals surface area contributed by atoms with Crippen molar-refractivity contribution in [2.45, 2.75) is 46.0 Å². The van der Waals surface area contributed by atoms with Gasteiger partial charge in [-0.3, -0.25) is 0 Å². The van der Waals surface area contributed by atoms with E-state index < -0.39 is 0 Å². The molecule has 2 atom stereocenters. The van der Waals surface area contributed by atoms with Crippen molar-refractivity contribution in [1.29, 1.82) is 0 Å². The van der Waals surface area contributed by atoms with Gasteiger partial charge in [0.05, 0.1) is 0 Å². The molecular weight excluding hydrogens is 210 g/mol. The lowest BCUT2D eigenvalue weighted by Gasteiger charge is -2.38. The standard InChI is InChI=1S/C15H27NO/c1-11(2)13-3-5-14(6-4-13)15-7-12(10-17)8-16-9-15/h10-16H,3-9H2,1-2H3. The first-order valence-electron chi connectivity index (χ1n) is 7.36. The van der Waals surface area contributed by atoms with Crippen LogP contribution in [0.1, 0.15) is 46.0 Å². The minimum Gasteiger partial charge on any atom is -0.316 e. The molecule has 2 fully saturated rings. The van der Waals surface area contributed by atoms with E-state index in [0.717, 1.165) is 49.5 Å². The predicted octanol–water partition coefficient (Wildman–Crippen LogP) is 2.87. The maximum atomic E-state index is 10.9. The highest BCUT2D eigenvalue weighted by molar-refractivity contribution is 5.54. The van der Waals surface area contributed by atoms with Crippen LogP contribution in [0.2, 0.25) is 0 Å². The average molecular weight is 237 g/mol. The quantitative estimate of drug-likeness (QED) is 0.765. The second kappa shape index (κ2) is 5.99. The van der Waals surface area contributed by atoms with Crippen LogP contribution in [0.25, 0.3) is 0 Å². The fourth-order valence-corrected chi connectivity index (χ4v) is 3.76. The number of nitrogens with one attached hydrogen (secondary N) is 1. The third-order valence-electron chi connectivity index (χ3n) is 5.04. The largest absolute Gasteiger partial charge is 0.316 e. The van der Waals surface area contributed by atoms with Gasteiger partial charge < -0.3 is 10.1 Å². The van der Waals surface area contributed by atoms with Crippen LogP contribution in [0.4, 0.5) is 0 Å². The van der Waals surface area contributed by atoms with Gasteiger partial charge in [0.2, 0.25) is 0 Å².